The van der Waals surface area contributed by atoms with Gasteiger partial charge in [0.1, 0.15) is 0 Å². The Morgan fingerprint density at radius 3 is 2.56 bits per heavy atom. The molecule has 0 saturated heterocycles. The van der Waals surface area contributed by atoms with E-state index in [1.54, 1.807) is 6.21 Å². The molecule has 2 aromatic carbocycles. The summed E-state index contributed by atoms with van der Waals surface area (Å²) in [5, 5.41) is 9.66. The zero-order chi connectivity index (χ0) is 11.4. The molecule has 0 aromatic heterocycles. The lowest BCUT2D eigenvalue weighted by Gasteiger charge is -1.99. The van der Waals surface area contributed by atoms with Crippen LogP contribution < -0.4 is 11.5 Å². The van der Waals surface area contributed by atoms with Gasteiger partial charge in [0.2, 0.25) is 5.96 Å². The molecule has 0 saturated carbocycles. The molecule has 4 nitrogen and oxygen atoms in total. The monoisotopic (exact) mass is 212 g/mol. The van der Waals surface area contributed by atoms with Gasteiger partial charge in [-0.3, -0.25) is 0 Å². The Kier molecular flexibility index (Phi) is 2.82. The van der Waals surface area contributed by atoms with Gasteiger partial charge >= 0.3 is 0 Å². The molecule has 0 heterocycles. The van der Waals surface area contributed by atoms with Crippen molar-refractivity contribution in [3.05, 3.63) is 48.0 Å². The number of benzene rings is 2. The quantitative estimate of drug-likeness (QED) is 0.449. The van der Waals surface area contributed by atoms with Crippen molar-refractivity contribution in [1.29, 1.82) is 0 Å². The van der Waals surface area contributed by atoms with E-state index in [9.17, 15) is 0 Å². The van der Waals surface area contributed by atoms with E-state index in [2.05, 4.69) is 10.2 Å². The fourth-order valence-electron chi connectivity index (χ4n) is 1.52. The predicted octanol–water partition coefficient (Wildman–Crippen LogP) is 1.45. The Hall–Kier alpha value is -2.36. The third-order valence-electron chi connectivity index (χ3n) is 2.19. The van der Waals surface area contributed by atoms with Crippen molar-refractivity contribution in [1.82, 2.24) is 0 Å². The molecule has 4 N–H and O–H groups in total. The van der Waals surface area contributed by atoms with E-state index in [1.165, 1.54) is 0 Å². The molecule has 0 fully saturated rings. The maximum atomic E-state index is 5.18. The van der Waals surface area contributed by atoms with Crippen molar-refractivity contribution >= 4 is 22.9 Å². The van der Waals surface area contributed by atoms with Crippen molar-refractivity contribution in [2.45, 2.75) is 0 Å². The standard InChI is InChI=1S/C12H12N4/c13-12(14)16-15-8-10-6-3-5-9-4-1-2-7-11(9)10/h1-8H,(H4,13,14,16)/b15-8+. The van der Waals surface area contributed by atoms with E-state index in [1.807, 2.05) is 42.5 Å². The average Bonchev–Trinajstić information content (AvgIpc) is 2.29. The highest BCUT2D eigenvalue weighted by molar-refractivity contribution is 5.99. The number of nitrogens with zero attached hydrogens (tertiary/aromatic N) is 2. The lowest BCUT2D eigenvalue weighted by atomic mass is 10.1. The summed E-state index contributed by atoms with van der Waals surface area (Å²) in [4.78, 5) is 0. The second-order valence-corrected chi connectivity index (χ2v) is 3.34. The molecule has 0 atom stereocenters. The molecule has 0 unspecified atom stereocenters. The topological polar surface area (TPSA) is 76.8 Å². The van der Waals surface area contributed by atoms with Gasteiger partial charge in [-0.05, 0) is 10.8 Å². The maximum absolute atomic E-state index is 5.18. The molecule has 16 heavy (non-hydrogen) atoms. The van der Waals surface area contributed by atoms with E-state index < -0.39 is 0 Å². The zero-order valence-electron chi connectivity index (χ0n) is 8.67. The first-order valence-corrected chi connectivity index (χ1v) is 4.87. The van der Waals surface area contributed by atoms with Crippen molar-refractivity contribution in [3.8, 4) is 0 Å². The molecule has 4 heteroatoms. The number of rotatable bonds is 2. The summed E-state index contributed by atoms with van der Waals surface area (Å²) in [6.07, 6.45) is 1.64. The van der Waals surface area contributed by atoms with Crippen LogP contribution in [0.15, 0.2) is 52.7 Å². The Bertz CT molecular complexity index is 548. The molecule has 2 rings (SSSR count). The molecule has 0 spiro atoms. The van der Waals surface area contributed by atoms with Crippen LogP contribution in [0.25, 0.3) is 10.8 Å². The largest absolute Gasteiger partial charge is 0.369 e. The van der Waals surface area contributed by atoms with Gasteiger partial charge in [-0.25, -0.2) is 0 Å². The van der Waals surface area contributed by atoms with Crippen LogP contribution in [0, 0.1) is 0 Å². The number of hydrogen-bond acceptors (Lipinski definition) is 2. The van der Waals surface area contributed by atoms with Gasteiger partial charge in [-0.1, -0.05) is 42.5 Å². The Labute approximate surface area is 93.3 Å². The molecule has 0 aliphatic rings. The first-order chi connectivity index (χ1) is 7.77. The van der Waals surface area contributed by atoms with Crippen LogP contribution in [-0.2, 0) is 0 Å². The van der Waals surface area contributed by atoms with Crippen LogP contribution in [0.3, 0.4) is 0 Å². The van der Waals surface area contributed by atoms with E-state index in [-0.39, 0.29) is 5.96 Å². The molecule has 0 amide bonds. The first kappa shape index (κ1) is 10.2. The van der Waals surface area contributed by atoms with E-state index >= 15 is 0 Å². The summed E-state index contributed by atoms with van der Waals surface area (Å²) in [5.74, 6) is -0.0449. The Morgan fingerprint density at radius 2 is 1.75 bits per heavy atom. The minimum atomic E-state index is -0.0449. The summed E-state index contributed by atoms with van der Waals surface area (Å²) in [6, 6.07) is 14.1. The normalized spacial score (nSPS) is 10.8. The fraction of sp³-hybridized carbons (Fsp3) is 0. The molecular formula is C12H12N4. The van der Waals surface area contributed by atoms with Gasteiger partial charge in [0, 0.05) is 5.56 Å². The smallest absolute Gasteiger partial charge is 0.211 e. The van der Waals surface area contributed by atoms with Gasteiger partial charge in [0.05, 0.1) is 6.21 Å². The fourth-order valence-corrected chi connectivity index (χ4v) is 1.52. The van der Waals surface area contributed by atoms with Crippen LogP contribution in [-0.4, -0.2) is 12.2 Å². The molecule has 2 aromatic rings. The van der Waals surface area contributed by atoms with Crippen LogP contribution in [0.2, 0.25) is 0 Å². The van der Waals surface area contributed by atoms with Gasteiger partial charge < -0.3 is 11.5 Å². The first-order valence-electron chi connectivity index (χ1n) is 4.87. The van der Waals surface area contributed by atoms with Crippen molar-refractivity contribution in [2.75, 3.05) is 0 Å². The molecule has 80 valence electrons. The van der Waals surface area contributed by atoms with Gasteiger partial charge in [0.15, 0.2) is 0 Å². The van der Waals surface area contributed by atoms with Crippen LogP contribution in [0.4, 0.5) is 0 Å². The highest BCUT2D eigenvalue weighted by Crippen LogP contribution is 2.16. The highest BCUT2D eigenvalue weighted by Gasteiger charge is 1.96. The lowest BCUT2D eigenvalue weighted by Crippen LogP contribution is -2.21. The zero-order valence-corrected chi connectivity index (χ0v) is 8.67. The summed E-state index contributed by atoms with van der Waals surface area (Å²) in [6.45, 7) is 0. The van der Waals surface area contributed by atoms with Gasteiger partial charge in [-0.15, -0.1) is 5.10 Å². The third kappa shape index (κ3) is 2.17. The summed E-state index contributed by atoms with van der Waals surface area (Å²) >= 11 is 0. The summed E-state index contributed by atoms with van der Waals surface area (Å²) < 4.78 is 0. The number of hydrogen-bond donors (Lipinski definition) is 2. The van der Waals surface area contributed by atoms with Crippen molar-refractivity contribution in [2.24, 2.45) is 21.7 Å². The van der Waals surface area contributed by atoms with E-state index in [0.29, 0.717) is 0 Å². The van der Waals surface area contributed by atoms with Gasteiger partial charge in [0.25, 0.3) is 0 Å². The third-order valence-corrected chi connectivity index (χ3v) is 2.19. The van der Waals surface area contributed by atoms with Crippen LogP contribution in [0.5, 0.6) is 0 Å². The average molecular weight is 212 g/mol. The SMILES string of the molecule is NC(N)=N/N=C/c1cccc2ccccc12. The molecule has 0 aliphatic heterocycles. The van der Waals surface area contributed by atoms with Gasteiger partial charge in [-0.2, -0.15) is 5.10 Å². The molecule has 0 radical (unpaired) electrons. The van der Waals surface area contributed by atoms with Crippen LogP contribution >= 0.6 is 0 Å². The molecular weight excluding hydrogens is 200 g/mol. The highest BCUT2D eigenvalue weighted by atomic mass is 15.3. The Balaban J connectivity index is 2.45. The minimum Gasteiger partial charge on any atom is -0.369 e. The summed E-state index contributed by atoms with van der Waals surface area (Å²) in [5.41, 5.74) is 11.4. The van der Waals surface area contributed by atoms with E-state index in [4.69, 9.17) is 11.5 Å². The number of nitrogens with two attached hydrogens (primary N) is 2. The molecule has 0 bridgehead atoms. The lowest BCUT2D eigenvalue weighted by molar-refractivity contribution is 1.22. The number of guanidine groups is 1. The molecule has 0 aliphatic carbocycles. The minimum absolute atomic E-state index is 0.0449. The van der Waals surface area contributed by atoms with Crippen molar-refractivity contribution in [3.63, 3.8) is 0 Å². The maximum Gasteiger partial charge on any atom is 0.211 e. The van der Waals surface area contributed by atoms with E-state index in [0.717, 1.165) is 16.3 Å². The van der Waals surface area contributed by atoms with Crippen molar-refractivity contribution < 1.29 is 0 Å². The summed E-state index contributed by atoms with van der Waals surface area (Å²) in [7, 11) is 0. The number of fused-ring (bicyclic) bond motifs is 1. The predicted molar refractivity (Wildman–Crippen MR) is 67.4 cm³/mol. The second-order valence-electron chi connectivity index (χ2n) is 3.34. The van der Waals surface area contributed by atoms with Crippen LogP contribution in [0.1, 0.15) is 5.56 Å². The second kappa shape index (κ2) is 4.44. The Morgan fingerprint density at radius 1 is 1.00 bits per heavy atom.